The van der Waals surface area contributed by atoms with Crippen LogP contribution in [-0.4, -0.2) is 27.2 Å². The molecule has 0 bridgehead atoms. The van der Waals surface area contributed by atoms with Crippen molar-refractivity contribution in [3.8, 4) is 22.8 Å². The van der Waals surface area contributed by atoms with Crippen LogP contribution >= 0.6 is 11.3 Å². The van der Waals surface area contributed by atoms with Crippen LogP contribution < -0.4 is 4.74 Å². The Hall–Kier alpha value is -3.19. The maximum Gasteiger partial charge on any atom is 0.303 e. The predicted octanol–water partition coefficient (Wildman–Crippen LogP) is 5.92. The van der Waals surface area contributed by atoms with Gasteiger partial charge < -0.3 is 9.84 Å². The molecule has 2 aromatic carbocycles. The van der Waals surface area contributed by atoms with Gasteiger partial charge >= 0.3 is 5.97 Å². The van der Waals surface area contributed by atoms with E-state index in [2.05, 4.69) is 0 Å². The lowest BCUT2D eigenvalue weighted by Crippen LogP contribution is -2.00. The third-order valence-electron chi connectivity index (χ3n) is 4.79. The van der Waals surface area contributed by atoms with Gasteiger partial charge in [0.25, 0.3) is 0 Å². The number of fused-ring (bicyclic) bond motifs is 1. The Morgan fingerprint density at radius 1 is 1.10 bits per heavy atom. The Morgan fingerprint density at radius 2 is 1.93 bits per heavy atom. The molecule has 4 aromatic rings. The summed E-state index contributed by atoms with van der Waals surface area (Å²) in [5.74, 6) is 0.466. The van der Waals surface area contributed by atoms with Gasteiger partial charge in [0.2, 0.25) is 0 Å². The normalized spacial score (nSPS) is 11.1. The fraction of sp³-hybridized carbons (Fsp3) is 0.217. The van der Waals surface area contributed by atoms with Gasteiger partial charge in [-0.25, -0.2) is 9.37 Å². The van der Waals surface area contributed by atoms with Crippen LogP contribution in [0.15, 0.2) is 59.3 Å². The molecule has 0 atom stereocenters. The summed E-state index contributed by atoms with van der Waals surface area (Å²) in [6.07, 6.45) is 2.44. The van der Waals surface area contributed by atoms with Gasteiger partial charge in [-0.05, 0) is 67.1 Å². The van der Waals surface area contributed by atoms with Gasteiger partial charge in [0.1, 0.15) is 17.4 Å². The third kappa shape index (κ3) is 4.52. The molecule has 0 aliphatic heterocycles. The molecule has 5 nitrogen and oxygen atoms in total. The lowest BCUT2D eigenvalue weighted by atomic mass is 10.2. The highest BCUT2D eigenvalue weighted by Gasteiger charge is 2.15. The lowest BCUT2D eigenvalue weighted by Gasteiger charge is -2.10. The quantitative estimate of drug-likeness (QED) is 0.339. The van der Waals surface area contributed by atoms with E-state index in [0.717, 1.165) is 46.7 Å². The Kier molecular flexibility index (Phi) is 6.09. The van der Waals surface area contributed by atoms with Gasteiger partial charge in [0, 0.05) is 29.1 Å². The summed E-state index contributed by atoms with van der Waals surface area (Å²) in [6, 6.07) is 14.1. The molecule has 0 fully saturated rings. The van der Waals surface area contributed by atoms with E-state index in [9.17, 15) is 9.18 Å². The van der Waals surface area contributed by atoms with Crippen molar-refractivity contribution in [1.82, 2.24) is 9.55 Å². The first kappa shape index (κ1) is 20.1. The van der Waals surface area contributed by atoms with E-state index in [0.29, 0.717) is 13.0 Å². The Bertz CT molecular complexity index is 1140. The topological polar surface area (TPSA) is 64.3 Å². The Balaban J connectivity index is 1.61. The number of rotatable bonds is 9. The summed E-state index contributed by atoms with van der Waals surface area (Å²) in [7, 11) is 0. The van der Waals surface area contributed by atoms with Gasteiger partial charge in [-0.1, -0.05) is 0 Å². The van der Waals surface area contributed by atoms with Crippen molar-refractivity contribution < 1.29 is 19.0 Å². The molecule has 0 saturated heterocycles. The second kappa shape index (κ2) is 9.09. The van der Waals surface area contributed by atoms with Crippen LogP contribution in [0, 0.1) is 5.82 Å². The van der Waals surface area contributed by atoms with E-state index < -0.39 is 5.97 Å². The smallest absolute Gasteiger partial charge is 0.303 e. The summed E-state index contributed by atoms with van der Waals surface area (Å²) in [5, 5.41) is 12.7. The van der Waals surface area contributed by atoms with Gasteiger partial charge in [-0.2, -0.15) is 11.3 Å². The van der Waals surface area contributed by atoms with Crippen molar-refractivity contribution in [3.05, 3.63) is 65.1 Å². The van der Waals surface area contributed by atoms with Crippen molar-refractivity contribution in [3.63, 3.8) is 0 Å². The zero-order valence-corrected chi connectivity index (χ0v) is 17.1. The Morgan fingerprint density at radius 3 is 2.67 bits per heavy atom. The molecular weight excluding hydrogens is 403 g/mol. The highest BCUT2D eigenvalue weighted by molar-refractivity contribution is 7.08. The number of carboxylic acid groups (broad SMARTS) is 1. The number of hydrogen-bond acceptors (Lipinski definition) is 4. The van der Waals surface area contributed by atoms with Crippen LogP contribution in [0.3, 0.4) is 0 Å². The molecule has 0 aliphatic rings. The molecule has 0 unspecified atom stereocenters. The van der Waals surface area contributed by atoms with Crippen LogP contribution in [0.4, 0.5) is 4.39 Å². The number of halogens is 1. The first-order valence-corrected chi connectivity index (χ1v) is 10.7. The summed E-state index contributed by atoms with van der Waals surface area (Å²) in [6.45, 7) is 0.521. The van der Waals surface area contributed by atoms with Crippen LogP contribution in [0.2, 0.25) is 0 Å². The minimum absolute atomic E-state index is 0.189. The molecule has 0 saturated carbocycles. The second-order valence-electron chi connectivity index (χ2n) is 6.96. The molecule has 154 valence electrons. The summed E-state index contributed by atoms with van der Waals surface area (Å²) >= 11 is 1.60. The number of aromatic nitrogens is 2. The molecule has 0 radical (unpaired) electrons. The van der Waals surface area contributed by atoms with Crippen LogP contribution in [-0.2, 0) is 4.79 Å². The van der Waals surface area contributed by atoms with Crippen molar-refractivity contribution in [1.29, 1.82) is 0 Å². The van der Waals surface area contributed by atoms with Crippen molar-refractivity contribution in [2.45, 2.75) is 25.7 Å². The average Bonchev–Trinajstić information content (AvgIpc) is 3.38. The number of thiophene rings is 1. The number of imidazole rings is 1. The van der Waals surface area contributed by atoms with E-state index in [1.807, 2.05) is 39.6 Å². The summed E-state index contributed by atoms with van der Waals surface area (Å²) < 4.78 is 21.4. The average molecular weight is 424 g/mol. The van der Waals surface area contributed by atoms with Crippen molar-refractivity contribution in [2.75, 3.05) is 6.61 Å². The highest BCUT2D eigenvalue weighted by Crippen LogP contribution is 2.32. The van der Waals surface area contributed by atoms with E-state index in [1.165, 1.54) is 12.1 Å². The number of benzene rings is 2. The van der Waals surface area contributed by atoms with Crippen LogP contribution in [0.5, 0.6) is 5.75 Å². The molecule has 1 N–H and O–H groups in total. The molecular formula is C23H21FN2O3S. The number of hydrogen-bond donors (Lipinski definition) is 1. The van der Waals surface area contributed by atoms with Gasteiger partial charge in [-0.15, -0.1) is 0 Å². The van der Waals surface area contributed by atoms with Crippen LogP contribution in [0.1, 0.15) is 25.7 Å². The van der Waals surface area contributed by atoms with E-state index in [4.69, 9.17) is 14.8 Å². The predicted molar refractivity (Wildman–Crippen MR) is 116 cm³/mol. The lowest BCUT2D eigenvalue weighted by molar-refractivity contribution is -0.137. The highest BCUT2D eigenvalue weighted by atomic mass is 32.1. The van der Waals surface area contributed by atoms with Crippen LogP contribution in [0.25, 0.3) is 28.1 Å². The molecule has 0 amide bonds. The fourth-order valence-corrected chi connectivity index (χ4v) is 3.96. The maximum absolute atomic E-state index is 13.5. The van der Waals surface area contributed by atoms with Crippen molar-refractivity contribution >= 4 is 28.3 Å². The third-order valence-corrected chi connectivity index (χ3v) is 5.48. The second-order valence-corrected chi connectivity index (χ2v) is 7.74. The minimum Gasteiger partial charge on any atom is -0.494 e. The number of ether oxygens (including phenoxy) is 1. The number of nitrogens with zero attached hydrogens (tertiary/aromatic N) is 2. The van der Waals surface area contributed by atoms with E-state index >= 15 is 0 Å². The standard InChI is InChI=1S/C23H21FN2O3S/c24-17-5-7-18(8-6-17)26-21-14-19(29-12-3-1-2-4-22(27)28)9-10-20(21)25-23(26)16-11-13-30-15-16/h5-11,13-15H,1-4,12H2,(H,27,28). The van der Waals surface area contributed by atoms with Crippen molar-refractivity contribution in [2.24, 2.45) is 0 Å². The fourth-order valence-electron chi connectivity index (χ4n) is 3.33. The summed E-state index contributed by atoms with van der Waals surface area (Å²) in [4.78, 5) is 15.4. The van der Waals surface area contributed by atoms with Gasteiger partial charge in [0.05, 0.1) is 17.6 Å². The van der Waals surface area contributed by atoms with Gasteiger partial charge in [-0.3, -0.25) is 9.36 Å². The molecule has 2 aromatic heterocycles. The maximum atomic E-state index is 13.5. The summed E-state index contributed by atoms with van der Waals surface area (Å²) in [5.41, 5.74) is 3.54. The molecule has 0 spiro atoms. The zero-order chi connectivity index (χ0) is 20.9. The minimum atomic E-state index is -0.767. The molecule has 2 heterocycles. The molecule has 4 rings (SSSR count). The monoisotopic (exact) mass is 424 g/mol. The largest absolute Gasteiger partial charge is 0.494 e. The zero-order valence-electron chi connectivity index (χ0n) is 16.3. The first-order valence-electron chi connectivity index (χ1n) is 9.77. The number of carbonyl (C=O) groups is 1. The number of carboxylic acids is 1. The van der Waals surface area contributed by atoms with E-state index in [1.54, 1.807) is 23.5 Å². The number of unbranched alkanes of at least 4 members (excludes halogenated alkanes) is 2. The number of aliphatic carboxylic acids is 1. The first-order chi connectivity index (χ1) is 14.6. The molecule has 7 heteroatoms. The molecule has 0 aliphatic carbocycles. The van der Waals surface area contributed by atoms with E-state index in [-0.39, 0.29) is 12.2 Å². The Labute approximate surface area is 177 Å². The molecule has 30 heavy (non-hydrogen) atoms. The van der Waals surface area contributed by atoms with Gasteiger partial charge in [0.15, 0.2) is 0 Å². The SMILES string of the molecule is O=C(O)CCCCCOc1ccc2nc(-c3ccsc3)n(-c3ccc(F)cc3)c2c1.